The molecular weight excluding hydrogens is 476 g/mol. The second kappa shape index (κ2) is 10.1. The maximum Gasteiger partial charge on any atom is 0.337 e. The fourth-order valence-corrected chi connectivity index (χ4v) is 6.80. The monoisotopic (exact) mass is 512 g/mol. The number of carbonyl (C=O) groups excluding carboxylic acids is 2. The minimum absolute atomic E-state index is 0.00449. The molecule has 0 radical (unpaired) electrons. The summed E-state index contributed by atoms with van der Waals surface area (Å²) in [6.07, 6.45) is 8.16. The molecule has 3 heterocycles. The van der Waals surface area contributed by atoms with E-state index in [0.717, 1.165) is 35.1 Å². The van der Waals surface area contributed by atoms with Crippen molar-refractivity contribution in [2.24, 2.45) is 0 Å². The Morgan fingerprint density at radius 2 is 1.71 bits per heavy atom. The first-order valence-electron chi connectivity index (χ1n) is 13.9. The highest BCUT2D eigenvalue weighted by Crippen LogP contribution is 2.46. The van der Waals surface area contributed by atoms with E-state index in [0.29, 0.717) is 31.1 Å². The Kier molecular flexibility index (Phi) is 6.60. The summed E-state index contributed by atoms with van der Waals surface area (Å²) in [7, 11) is 1.42. The summed E-state index contributed by atoms with van der Waals surface area (Å²) in [6, 6.07) is 14.3. The molecule has 6 heteroatoms. The number of morpholine rings is 1. The number of esters is 1. The molecule has 2 fully saturated rings. The van der Waals surface area contributed by atoms with Gasteiger partial charge in [0.1, 0.15) is 0 Å². The summed E-state index contributed by atoms with van der Waals surface area (Å²) in [5, 5.41) is 1.18. The van der Waals surface area contributed by atoms with Crippen molar-refractivity contribution in [3.8, 4) is 11.3 Å². The molecule has 0 N–H and O–H groups in total. The van der Waals surface area contributed by atoms with E-state index in [1.807, 2.05) is 36.9 Å². The second-order valence-electron chi connectivity index (χ2n) is 11.1. The Labute approximate surface area is 224 Å². The van der Waals surface area contributed by atoms with Gasteiger partial charge in [-0.1, -0.05) is 49.6 Å². The predicted molar refractivity (Wildman–Crippen MR) is 149 cm³/mol. The smallest absolute Gasteiger partial charge is 0.337 e. The van der Waals surface area contributed by atoms with Crippen LogP contribution >= 0.6 is 0 Å². The van der Waals surface area contributed by atoms with Crippen molar-refractivity contribution in [2.45, 2.75) is 70.6 Å². The van der Waals surface area contributed by atoms with Gasteiger partial charge in [-0.2, -0.15) is 0 Å². The van der Waals surface area contributed by atoms with Crippen LogP contribution in [0.25, 0.3) is 28.2 Å². The lowest BCUT2D eigenvalue weighted by Gasteiger charge is -2.35. The van der Waals surface area contributed by atoms with Crippen LogP contribution in [0.4, 0.5) is 0 Å². The molecule has 1 saturated heterocycles. The molecule has 2 aliphatic heterocycles. The highest BCUT2D eigenvalue weighted by molar-refractivity contribution is 6.03. The van der Waals surface area contributed by atoms with Crippen LogP contribution in [0.1, 0.15) is 73.4 Å². The molecule has 0 spiro atoms. The van der Waals surface area contributed by atoms with Gasteiger partial charge in [-0.25, -0.2) is 4.79 Å². The number of hydrogen-bond acceptors (Lipinski definition) is 4. The predicted octanol–water partition coefficient (Wildman–Crippen LogP) is 6.18. The fraction of sp³-hybridized carbons (Fsp3) is 0.438. The lowest BCUT2D eigenvalue weighted by molar-refractivity contribution is -0.139. The van der Waals surface area contributed by atoms with E-state index < -0.39 is 0 Å². The number of hydrogen-bond donors (Lipinski definition) is 0. The number of methoxy groups -OCH3 is 1. The zero-order valence-electron chi connectivity index (χ0n) is 22.5. The van der Waals surface area contributed by atoms with Crippen LogP contribution < -0.4 is 0 Å². The van der Waals surface area contributed by atoms with E-state index >= 15 is 0 Å². The summed E-state index contributed by atoms with van der Waals surface area (Å²) in [5.41, 5.74) is 7.04. The Morgan fingerprint density at radius 3 is 2.45 bits per heavy atom. The topological polar surface area (TPSA) is 60.8 Å². The van der Waals surface area contributed by atoms with Crippen molar-refractivity contribution in [3.63, 3.8) is 0 Å². The molecule has 6 rings (SSSR count). The number of ether oxygens (including phenoxy) is 2. The molecule has 1 aromatic heterocycles. The summed E-state index contributed by atoms with van der Waals surface area (Å²) < 4.78 is 13.2. The van der Waals surface area contributed by atoms with Gasteiger partial charge in [0.2, 0.25) is 0 Å². The first-order chi connectivity index (χ1) is 18.4. The number of benzene rings is 2. The lowest BCUT2D eigenvalue weighted by atomic mass is 9.81. The summed E-state index contributed by atoms with van der Waals surface area (Å²) >= 11 is 0. The number of amides is 1. The van der Waals surface area contributed by atoms with Crippen molar-refractivity contribution >= 4 is 28.9 Å². The van der Waals surface area contributed by atoms with E-state index in [-0.39, 0.29) is 24.1 Å². The van der Waals surface area contributed by atoms with Crippen LogP contribution in [0.15, 0.2) is 48.0 Å². The van der Waals surface area contributed by atoms with Gasteiger partial charge in [0.25, 0.3) is 5.91 Å². The van der Waals surface area contributed by atoms with Crippen LogP contribution in [0.5, 0.6) is 0 Å². The third kappa shape index (κ3) is 4.35. The van der Waals surface area contributed by atoms with Crippen LogP contribution in [0.2, 0.25) is 0 Å². The molecule has 3 aromatic rings. The average Bonchev–Trinajstić information content (AvgIpc) is 3.14. The first kappa shape index (κ1) is 24.9. The molecule has 38 heavy (non-hydrogen) atoms. The first-order valence-corrected chi connectivity index (χ1v) is 13.9. The molecular formula is C32H36N2O4. The Bertz CT molecular complexity index is 1420. The van der Waals surface area contributed by atoms with Crippen molar-refractivity contribution in [2.75, 3.05) is 20.2 Å². The standard InChI is InChI=1S/C32H36N2O4/c1-20-17-33(18-21(2)38-20)31(35)25-15-23-11-7-8-12-26(23)30-29(22-9-5-4-6-10-22)27-14-13-24(32(36)37-3)16-28(27)34(30)19-25/h7-8,11-16,20-22H,4-6,9-10,17-19H2,1-3H3/t20-,21+. The average molecular weight is 513 g/mol. The number of carbonyl (C=O) groups is 2. The third-order valence-electron chi connectivity index (χ3n) is 8.39. The van der Waals surface area contributed by atoms with Gasteiger partial charge in [0.05, 0.1) is 37.1 Å². The highest BCUT2D eigenvalue weighted by atomic mass is 16.5. The molecule has 198 valence electrons. The number of fused-ring (bicyclic) bond motifs is 5. The van der Waals surface area contributed by atoms with E-state index in [2.05, 4.69) is 34.9 Å². The largest absolute Gasteiger partial charge is 0.465 e. The molecule has 1 amide bonds. The number of nitrogens with zero attached hydrogens (tertiary/aromatic N) is 2. The van der Waals surface area contributed by atoms with Crippen LogP contribution in [-0.2, 0) is 20.8 Å². The van der Waals surface area contributed by atoms with E-state index in [1.54, 1.807) is 0 Å². The summed E-state index contributed by atoms with van der Waals surface area (Å²) in [6.45, 7) is 5.67. The Morgan fingerprint density at radius 1 is 0.974 bits per heavy atom. The van der Waals surface area contributed by atoms with Gasteiger partial charge < -0.3 is 18.9 Å². The lowest BCUT2D eigenvalue weighted by Crippen LogP contribution is -2.48. The molecule has 0 unspecified atom stereocenters. The van der Waals surface area contributed by atoms with Gasteiger partial charge in [-0.3, -0.25) is 4.79 Å². The second-order valence-corrected chi connectivity index (χ2v) is 11.1. The minimum Gasteiger partial charge on any atom is -0.465 e. The molecule has 2 atom stereocenters. The van der Waals surface area contributed by atoms with Crippen molar-refractivity contribution in [1.29, 1.82) is 0 Å². The maximum absolute atomic E-state index is 14.0. The zero-order valence-corrected chi connectivity index (χ0v) is 22.5. The fourth-order valence-electron chi connectivity index (χ4n) is 6.80. The van der Waals surface area contributed by atoms with Crippen molar-refractivity contribution in [3.05, 3.63) is 64.7 Å². The number of aromatic nitrogens is 1. The van der Waals surface area contributed by atoms with Crippen LogP contribution in [-0.4, -0.2) is 53.8 Å². The van der Waals surface area contributed by atoms with Gasteiger partial charge in [-0.15, -0.1) is 0 Å². The van der Waals surface area contributed by atoms with Gasteiger partial charge in [0, 0.05) is 35.1 Å². The SMILES string of the molecule is COC(=O)c1ccc2c(C3CCCCC3)c3n(c2c1)CC(C(=O)N1C[C@@H](C)O[C@@H](C)C1)=Cc1ccccc1-3. The molecule has 6 nitrogen and oxygen atoms in total. The Hall–Kier alpha value is -3.38. The molecule has 2 aromatic carbocycles. The van der Waals surface area contributed by atoms with Gasteiger partial charge in [0.15, 0.2) is 0 Å². The summed E-state index contributed by atoms with van der Waals surface area (Å²) in [5.74, 6) is 0.163. The highest BCUT2D eigenvalue weighted by Gasteiger charge is 2.33. The zero-order chi connectivity index (χ0) is 26.4. The van der Waals surface area contributed by atoms with Crippen molar-refractivity contribution < 1.29 is 19.1 Å². The van der Waals surface area contributed by atoms with E-state index in [1.165, 1.54) is 43.0 Å². The van der Waals surface area contributed by atoms with Gasteiger partial charge >= 0.3 is 5.97 Å². The normalized spacial score (nSPS) is 21.9. The molecule has 1 saturated carbocycles. The molecule has 1 aliphatic carbocycles. The van der Waals surface area contributed by atoms with Crippen LogP contribution in [0, 0.1) is 0 Å². The van der Waals surface area contributed by atoms with Crippen LogP contribution in [0.3, 0.4) is 0 Å². The molecule has 3 aliphatic rings. The molecule has 0 bridgehead atoms. The van der Waals surface area contributed by atoms with Gasteiger partial charge in [-0.05, 0) is 61.9 Å². The van der Waals surface area contributed by atoms with E-state index in [4.69, 9.17) is 9.47 Å². The minimum atomic E-state index is -0.348. The number of rotatable bonds is 3. The third-order valence-corrected chi connectivity index (χ3v) is 8.39. The summed E-state index contributed by atoms with van der Waals surface area (Å²) in [4.78, 5) is 28.5. The Balaban J connectivity index is 1.55. The van der Waals surface area contributed by atoms with E-state index in [9.17, 15) is 9.59 Å². The maximum atomic E-state index is 14.0. The van der Waals surface area contributed by atoms with Crippen molar-refractivity contribution in [1.82, 2.24) is 9.47 Å². The quantitative estimate of drug-likeness (QED) is 0.394.